The maximum atomic E-state index is 13.7. The number of nitrogens with zero attached hydrogens (tertiary/aromatic N) is 1. The van der Waals surface area contributed by atoms with Crippen LogP contribution in [0.25, 0.3) is 0 Å². The van der Waals surface area contributed by atoms with E-state index < -0.39 is 11.6 Å². The topological polar surface area (TPSA) is 64.9 Å². The molecule has 0 atom stereocenters. The number of hydrogen-bond donors (Lipinski definition) is 2. The van der Waals surface area contributed by atoms with E-state index in [1.165, 1.54) is 43.3 Å². The first-order valence-electron chi connectivity index (χ1n) is 6.49. The summed E-state index contributed by atoms with van der Waals surface area (Å²) >= 11 is 0. The molecular weight excluding hydrogens is 288 g/mol. The molecule has 0 heterocycles. The van der Waals surface area contributed by atoms with Crippen LogP contribution in [-0.2, 0) is 11.3 Å². The number of rotatable bonds is 4. The molecule has 2 aromatic rings. The van der Waals surface area contributed by atoms with Gasteiger partial charge in [0.05, 0.1) is 17.3 Å². The van der Waals surface area contributed by atoms with Crippen LogP contribution in [0.4, 0.5) is 20.2 Å². The number of nitriles is 1. The number of carbonyl (C=O) groups excluding carboxylic acids is 1. The van der Waals surface area contributed by atoms with Gasteiger partial charge in [0.1, 0.15) is 11.6 Å². The van der Waals surface area contributed by atoms with Crippen molar-refractivity contribution in [3.63, 3.8) is 0 Å². The number of halogens is 2. The molecule has 0 saturated carbocycles. The maximum Gasteiger partial charge on any atom is 0.221 e. The van der Waals surface area contributed by atoms with Crippen LogP contribution in [0, 0.1) is 23.0 Å². The van der Waals surface area contributed by atoms with Crippen molar-refractivity contribution >= 4 is 17.3 Å². The molecule has 22 heavy (non-hydrogen) atoms. The molecule has 2 rings (SSSR count). The molecule has 0 aliphatic rings. The lowest BCUT2D eigenvalue weighted by Crippen LogP contribution is -2.08. The van der Waals surface area contributed by atoms with Gasteiger partial charge in [0, 0.05) is 24.7 Å². The third-order valence-electron chi connectivity index (χ3n) is 2.93. The van der Waals surface area contributed by atoms with Crippen LogP contribution in [0.3, 0.4) is 0 Å². The van der Waals surface area contributed by atoms with Crippen LogP contribution in [0.2, 0.25) is 0 Å². The van der Waals surface area contributed by atoms with Gasteiger partial charge in [-0.3, -0.25) is 4.79 Å². The van der Waals surface area contributed by atoms with E-state index in [2.05, 4.69) is 10.6 Å². The van der Waals surface area contributed by atoms with Gasteiger partial charge in [-0.1, -0.05) is 0 Å². The average Bonchev–Trinajstić information content (AvgIpc) is 2.48. The zero-order valence-corrected chi connectivity index (χ0v) is 11.8. The Bertz CT molecular complexity index is 754. The van der Waals surface area contributed by atoms with E-state index in [1.54, 1.807) is 0 Å². The lowest BCUT2D eigenvalue weighted by Gasteiger charge is -2.11. The van der Waals surface area contributed by atoms with E-state index in [1.807, 2.05) is 6.07 Å². The fourth-order valence-electron chi connectivity index (χ4n) is 1.91. The summed E-state index contributed by atoms with van der Waals surface area (Å²) in [5.74, 6) is -1.28. The fourth-order valence-corrected chi connectivity index (χ4v) is 1.91. The number of benzene rings is 2. The van der Waals surface area contributed by atoms with Crippen molar-refractivity contribution in [2.75, 3.05) is 10.6 Å². The number of nitrogens with one attached hydrogen (secondary N) is 2. The SMILES string of the molecule is CC(=O)Nc1ccc(F)c(NCc2cc(C#N)ccc2F)c1. The molecule has 6 heteroatoms. The normalized spacial score (nSPS) is 9.91. The summed E-state index contributed by atoms with van der Waals surface area (Å²) in [5, 5.41) is 14.1. The third kappa shape index (κ3) is 3.79. The van der Waals surface area contributed by atoms with E-state index in [0.717, 1.165) is 0 Å². The van der Waals surface area contributed by atoms with Gasteiger partial charge in [0.2, 0.25) is 5.91 Å². The average molecular weight is 301 g/mol. The monoisotopic (exact) mass is 301 g/mol. The van der Waals surface area contributed by atoms with Crippen LogP contribution in [0.15, 0.2) is 36.4 Å². The molecule has 0 saturated heterocycles. The summed E-state index contributed by atoms with van der Waals surface area (Å²) in [5.41, 5.74) is 1.14. The van der Waals surface area contributed by atoms with Gasteiger partial charge >= 0.3 is 0 Å². The van der Waals surface area contributed by atoms with Crippen molar-refractivity contribution in [3.8, 4) is 6.07 Å². The summed E-state index contributed by atoms with van der Waals surface area (Å²) in [6.45, 7) is 1.36. The van der Waals surface area contributed by atoms with Crippen molar-refractivity contribution < 1.29 is 13.6 Å². The highest BCUT2D eigenvalue weighted by molar-refractivity contribution is 5.89. The second-order valence-electron chi connectivity index (χ2n) is 4.65. The van der Waals surface area contributed by atoms with E-state index in [9.17, 15) is 13.6 Å². The van der Waals surface area contributed by atoms with Crippen molar-refractivity contribution in [2.45, 2.75) is 13.5 Å². The smallest absolute Gasteiger partial charge is 0.221 e. The molecule has 2 aromatic carbocycles. The molecule has 0 fully saturated rings. The van der Waals surface area contributed by atoms with E-state index in [4.69, 9.17) is 5.26 Å². The van der Waals surface area contributed by atoms with Crippen molar-refractivity contribution in [1.29, 1.82) is 5.26 Å². The largest absolute Gasteiger partial charge is 0.378 e. The Kier molecular flexibility index (Phi) is 4.69. The molecule has 0 radical (unpaired) electrons. The molecule has 4 nitrogen and oxygen atoms in total. The number of amides is 1. The summed E-state index contributed by atoms with van der Waals surface area (Å²) in [7, 11) is 0. The molecule has 0 unspecified atom stereocenters. The Morgan fingerprint density at radius 3 is 2.59 bits per heavy atom. The van der Waals surface area contributed by atoms with E-state index >= 15 is 0 Å². The van der Waals surface area contributed by atoms with Crippen molar-refractivity contribution in [2.24, 2.45) is 0 Å². The molecule has 0 spiro atoms. The first-order chi connectivity index (χ1) is 10.5. The first kappa shape index (κ1) is 15.4. The Morgan fingerprint density at radius 1 is 1.18 bits per heavy atom. The molecule has 1 amide bonds. The summed E-state index contributed by atoms with van der Waals surface area (Å²) in [6.07, 6.45) is 0. The van der Waals surface area contributed by atoms with Gasteiger partial charge in [0.15, 0.2) is 0 Å². The summed E-state index contributed by atoms with van der Waals surface area (Å²) in [6, 6.07) is 9.94. The molecule has 0 aromatic heterocycles. The van der Waals surface area contributed by atoms with Crippen LogP contribution in [0.5, 0.6) is 0 Å². The van der Waals surface area contributed by atoms with Gasteiger partial charge in [-0.2, -0.15) is 5.26 Å². The summed E-state index contributed by atoms with van der Waals surface area (Å²) in [4.78, 5) is 11.0. The van der Waals surface area contributed by atoms with Gasteiger partial charge in [-0.25, -0.2) is 8.78 Å². The fraction of sp³-hybridized carbons (Fsp3) is 0.125. The Labute approximate surface area is 126 Å². The highest BCUT2D eigenvalue weighted by Crippen LogP contribution is 2.21. The second-order valence-corrected chi connectivity index (χ2v) is 4.65. The minimum Gasteiger partial charge on any atom is -0.378 e. The molecular formula is C16H13F2N3O. The quantitative estimate of drug-likeness (QED) is 0.909. The van der Waals surface area contributed by atoms with Crippen molar-refractivity contribution in [1.82, 2.24) is 0 Å². The van der Waals surface area contributed by atoms with Crippen LogP contribution >= 0.6 is 0 Å². The lowest BCUT2D eigenvalue weighted by molar-refractivity contribution is -0.114. The Balaban J connectivity index is 2.18. The zero-order chi connectivity index (χ0) is 16.1. The van der Waals surface area contributed by atoms with Gasteiger partial charge < -0.3 is 10.6 Å². The lowest BCUT2D eigenvalue weighted by atomic mass is 10.1. The second kappa shape index (κ2) is 6.68. The minimum atomic E-state index is -0.522. The number of anilines is 2. The van der Waals surface area contributed by atoms with Crippen molar-refractivity contribution in [3.05, 3.63) is 59.2 Å². The third-order valence-corrected chi connectivity index (χ3v) is 2.93. The Morgan fingerprint density at radius 2 is 1.91 bits per heavy atom. The van der Waals surface area contributed by atoms with Crippen LogP contribution in [-0.4, -0.2) is 5.91 Å². The molecule has 0 bridgehead atoms. The molecule has 2 N–H and O–H groups in total. The number of hydrogen-bond acceptors (Lipinski definition) is 3. The first-order valence-corrected chi connectivity index (χ1v) is 6.49. The standard InChI is InChI=1S/C16H13F2N3O/c1-10(22)21-13-3-5-15(18)16(7-13)20-9-12-6-11(8-19)2-4-14(12)17/h2-7,20H,9H2,1H3,(H,21,22). The predicted octanol–water partition coefficient (Wildman–Crippen LogP) is 3.41. The maximum absolute atomic E-state index is 13.7. The van der Waals surface area contributed by atoms with Gasteiger partial charge in [-0.05, 0) is 36.4 Å². The highest BCUT2D eigenvalue weighted by atomic mass is 19.1. The number of carbonyl (C=O) groups is 1. The van der Waals surface area contributed by atoms with Gasteiger partial charge in [0.25, 0.3) is 0 Å². The minimum absolute atomic E-state index is 0.0157. The molecule has 0 aliphatic heterocycles. The zero-order valence-electron chi connectivity index (χ0n) is 11.8. The van der Waals surface area contributed by atoms with Crippen LogP contribution < -0.4 is 10.6 Å². The van der Waals surface area contributed by atoms with Crippen LogP contribution in [0.1, 0.15) is 18.1 Å². The Hall–Kier alpha value is -2.94. The molecule has 112 valence electrons. The van der Waals surface area contributed by atoms with E-state index in [0.29, 0.717) is 11.3 Å². The summed E-state index contributed by atoms with van der Waals surface area (Å²) < 4.78 is 27.4. The molecule has 0 aliphatic carbocycles. The van der Waals surface area contributed by atoms with Gasteiger partial charge in [-0.15, -0.1) is 0 Å². The van der Waals surface area contributed by atoms with E-state index in [-0.39, 0.29) is 23.7 Å². The highest BCUT2D eigenvalue weighted by Gasteiger charge is 2.07. The predicted molar refractivity (Wildman–Crippen MR) is 79.1 cm³/mol.